The SMILES string of the molecule is CC1(C(=O)N[C@@H](CCc2ccccc2)C(=O)O)CCCO1. The van der Waals surface area contributed by atoms with Crippen molar-refractivity contribution >= 4 is 11.9 Å². The second-order valence-electron chi connectivity index (χ2n) is 5.57. The molecule has 114 valence electrons. The quantitative estimate of drug-likeness (QED) is 0.837. The number of rotatable bonds is 6. The second kappa shape index (κ2) is 6.72. The van der Waals surface area contributed by atoms with Crippen LogP contribution in [0.3, 0.4) is 0 Å². The maximum Gasteiger partial charge on any atom is 0.326 e. The third-order valence-electron chi connectivity index (χ3n) is 3.87. The minimum absolute atomic E-state index is 0.333. The van der Waals surface area contributed by atoms with Crippen molar-refractivity contribution < 1.29 is 19.4 Å². The molecule has 1 aromatic rings. The molecule has 2 rings (SSSR count). The molecule has 2 atom stereocenters. The molecule has 5 heteroatoms. The summed E-state index contributed by atoms with van der Waals surface area (Å²) in [7, 11) is 0. The molecule has 1 amide bonds. The van der Waals surface area contributed by atoms with Crippen LogP contribution in [0.1, 0.15) is 31.7 Å². The van der Waals surface area contributed by atoms with Crippen LogP contribution in [0.2, 0.25) is 0 Å². The van der Waals surface area contributed by atoms with Gasteiger partial charge in [-0.25, -0.2) is 4.79 Å². The number of aryl methyl sites for hydroxylation is 1. The van der Waals surface area contributed by atoms with Gasteiger partial charge in [-0.05, 0) is 38.2 Å². The highest BCUT2D eigenvalue weighted by molar-refractivity contribution is 5.89. The lowest BCUT2D eigenvalue weighted by atomic mass is 10.00. The molecule has 1 aliphatic heterocycles. The van der Waals surface area contributed by atoms with E-state index in [4.69, 9.17) is 4.74 Å². The number of hydrogen-bond donors (Lipinski definition) is 2. The molecule has 0 aliphatic carbocycles. The van der Waals surface area contributed by atoms with E-state index in [0.29, 0.717) is 25.9 Å². The Balaban J connectivity index is 1.93. The standard InChI is InChI=1S/C16H21NO4/c1-16(10-5-11-21-16)15(20)17-13(14(18)19)9-8-12-6-3-2-4-7-12/h2-4,6-7,13H,5,8-11H2,1H3,(H,17,20)(H,18,19)/t13-,16?/m0/s1. The predicted molar refractivity (Wildman–Crippen MR) is 77.9 cm³/mol. The van der Waals surface area contributed by atoms with Gasteiger partial charge < -0.3 is 15.2 Å². The Morgan fingerprint density at radius 3 is 2.67 bits per heavy atom. The van der Waals surface area contributed by atoms with Crippen LogP contribution in [0.5, 0.6) is 0 Å². The minimum Gasteiger partial charge on any atom is -0.480 e. The number of ether oxygens (including phenoxy) is 1. The molecule has 0 radical (unpaired) electrons. The Labute approximate surface area is 124 Å². The van der Waals surface area contributed by atoms with Gasteiger partial charge in [-0.15, -0.1) is 0 Å². The fourth-order valence-corrected chi connectivity index (χ4v) is 2.48. The van der Waals surface area contributed by atoms with Crippen LogP contribution in [-0.4, -0.2) is 35.2 Å². The molecule has 1 heterocycles. The minimum atomic E-state index is -1.01. The number of carboxylic acid groups (broad SMARTS) is 1. The number of carbonyl (C=O) groups excluding carboxylic acids is 1. The summed E-state index contributed by atoms with van der Waals surface area (Å²) >= 11 is 0. The topological polar surface area (TPSA) is 75.6 Å². The number of hydrogen-bond acceptors (Lipinski definition) is 3. The normalized spacial score (nSPS) is 22.7. The van der Waals surface area contributed by atoms with Gasteiger partial charge in [0.1, 0.15) is 11.6 Å². The first-order valence-electron chi connectivity index (χ1n) is 7.23. The number of nitrogens with one attached hydrogen (secondary N) is 1. The average Bonchev–Trinajstić information content (AvgIpc) is 2.92. The lowest BCUT2D eigenvalue weighted by Gasteiger charge is -2.24. The molecule has 1 saturated heterocycles. The third-order valence-corrected chi connectivity index (χ3v) is 3.87. The lowest BCUT2D eigenvalue weighted by molar-refractivity contribution is -0.147. The van der Waals surface area contributed by atoms with Crippen LogP contribution in [0.25, 0.3) is 0 Å². The fraction of sp³-hybridized carbons (Fsp3) is 0.500. The molecule has 0 spiro atoms. The summed E-state index contributed by atoms with van der Waals surface area (Å²) in [5.74, 6) is -1.35. The zero-order valence-corrected chi connectivity index (χ0v) is 12.2. The summed E-state index contributed by atoms with van der Waals surface area (Å²) in [5.41, 5.74) is 0.168. The Morgan fingerprint density at radius 2 is 2.10 bits per heavy atom. The maximum atomic E-state index is 12.2. The molecule has 21 heavy (non-hydrogen) atoms. The van der Waals surface area contributed by atoms with E-state index >= 15 is 0 Å². The summed E-state index contributed by atoms with van der Waals surface area (Å²) in [6.45, 7) is 2.26. The van der Waals surface area contributed by atoms with Gasteiger partial charge >= 0.3 is 5.97 Å². The zero-order chi connectivity index (χ0) is 15.3. The first-order valence-corrected chi connectivity index (χ1v) is 7.23. The van der Waals surface area contributed by atoms with Crippen LogP contribution < -0.4 is 5.32 Å². The van der Waals surface area contributed by atoms with E-state index in [1.165, 1.54) is 0 Å². The van der Waals surface area contributed by atoms with Crippen LogP contribution >= 0.6 is 0 Å². The van der Waals surface area contributed by atoms with Crippen molar-refractivity contribution in [3.05, 3.63) is 35.9 Å². The highest BCUT2D eigenvalue weighted by Crippen LogP contribution is 2.25. The lowest BCUT2D eigenvalue weighted by Crippen LogP contribution is -2.50. The molecule has 0 bridgehead atoms. The van der Waals surface area contributed by atoms with E-state index in [1.807, 2.05) is 30.3 Å². The number of aliphatic carboxylic acids is 1. The van der Waals surface area contributed by atoms with E-state index < -0.39 is 17.6 Å². The van der Waals surface area contributed by atoms with Crippen molar-refractivity contribution in [2.75, 3.05) is 6.61 Å². The summed E-state index contributed by atoms with van der Waals surface area (Å²) in [4.78, 5) is 23.5. The smallest absolute Gasteiger partial charge is 0.326 e. The first kappa shape index (κ1) is 15.5. The van der Waals surface area contributed by atoms with Gasteiger partial charge in [-0.1, -0.05) is 30.3 Å². The molecule has 5 nitrogen and oxygen atoms in total. The summed E-state index contributed by atoms with van der Waals surface area (Å²) in [6.07, 6.45) is 2.42. The van der Waals surface area contributed by atoms with E-state index in [-0.39, 0.29) is 5.91 Å². The van der Waals surface area contributed by atoms with Crippen LogP contribution in [0.15, 0.2) is 30.3 Å². The number of carbonyl (C=O) groups is 2. The molecule has 0 saturated carbocycles. The van der Waals surface area contributed by atoms with Gasteiger partial charge in [0.2, 0.25) is 0 Å². The van der Waals surface area contributed by atoms with Crippen LogP contribution in [0.4, 0.5) is 0 Å². The van der Waals surface area contributed by atoms with E-state index in [9.17, 15) is 14.7 Å². The summed E-state index contributed by atoms with van der Waals surface area (Å²) in [6, 6.07) is 8.75. The van der Waals surface area contributed by atoms with Gasteiger partial charge in [-0.2, -0.15) is 0 Å². The molecule has 1 unspecified atom stereocenters. The Morgan fingerprint density at radius 1 is 1.38 bits per heavy atom. The number of amides is 1. The number of benzene rings is 1. The molecule has 1 aliphatic rings. The molecule has 1 fully saturated rings. The first-order chi connectivity index (χ1) is 10.0. The second-order valence-corrected chi connectivity index (χ2v) is 5.57. The van der Waals surface area contributed by atoms with Gasteiger partial charge in [0.15, 0.2) is 0 Å². The van der Waals surface area contributed by atoms with Crippen molar-refractivity contribution in [1.29, 1.82) is 0 Å². The van der Waals surface area contributed by atoms with Crippen molar-refractivity contribution in [2.24, 2.45) is 0 Å². The monoisotopic (exact) mass is 291 g/mol. The largest absolute Gasteiger partial charge is 0.480 e. The van der Waals surface area contributed by atoms with E-state index in [2.05, 4.69) is 5.32 Å². The molecule has 1 aromatic carbocycles. The van der Waals surface area contributed by atoms with Crippen molar-refractivity contribution in [3.63, 3.8) is 0 Å². The Bertz CT molecular complexity index is 494. The highest BCUT2D eigenvalue weighted by Gasteiger charge is 2.39. The highest BCUT2D eigenvalue weighted by atomic mass is 16.5. The van der Waals surface area contributed by atoms with Gasteiger partial charge in [-0.3, -0.25) is 4.79 Å². The molecule has 2 N–H and O–H groups in total. The van der Waals surface area contributed by atoms with Crippen molar-refractivity contribution in [3.8, 4) is 0 Å². The van der Waals surface area contributed by atoms with E-state index in [1.54, 1.807) is 6.92 Å². The summed E-state index contributed by atoms with van der Waals surface area (Å²) < 4.78 is 5.44. The average molecular weight is 291 g/mol. The van der Waals surface area contributed by atoms with Gasteiger partial charge in [0.25, 0.3) is 5.91 Å². The predicted octanol–water partition coefficient (Wildman–Crippen LogP) is 1.76. The molecular formula is C16H21NO4. The Hall–Kier alpha value is -1.88. The maximum absolute atomic E-state index is 12.2. The van der Waals surface area contributed by atoms with Gasteiger partial charge in [0, 0.05) is 6.61 Å². The van der Waals surface area contributed by atoms with Crippen molar-refractivity contribution in [1.82, 2.24) is 5.32 Å². The molecular weight excluding hydrogens is 270 g/mol. The summed E-state index contributed by atoms with van der Waals surface area (Å²) in [5, 5.41) is 11.9. The fourth-order valence-electron chi connectivity index (χ4n) is 2.48. The van der Waals surface area contributed by atoms with E-state index in [0.717, 1.165) is 12.0 Å². The third kappa shape index (κ3) is 4.04. The zero-order valence-electron chi connectivity index (χ0n) is 12.2. The Kier molecular flexibility index (Phi) is 4.96. The van der Waals surface area contributed by atoms with Crippen LogP contribution in [-0.2, 0) is 20.7 Å². The molecule has 0 aromatic heterocycles. The van der Waals surface area contributed by atoms with Crippen LogP contribution in [0, 0.1) is 0 Å². The van der Waals surface area contributed by atoms with Crippen molar-refractivity contribution in [2.45, 2.75) is 44.2 Å². The van der Waals surface area contributed by atoms with Gasteiger partial charge in [0.05, 0.1) is 0 Å². The number of carboxylic acids is 1.